The Hall–Kier alpha value is -2.67. The van der Waals surface area contributed by atoms with E-state index in [0.717, 1.165) is 24.3 Å². The van der Waals surface area contributed by atoms with Crippen LogP contribution in [0.1, 0.15) is 30.2 Å². The Morgan fingerprint density at radius 2 is 2.15 bits per heavy atom. The molecule has 2 N–H and O–H groups in total. The van der Waals surface area contributed by atoms with Crippen molar-refractivity contribution in [2.45, 2.75) is 39.8 Å². The van der Waals surface area contributed by atoms with E-state index in [1.165, 1.54) is 5.56 Å². The van der Waals surface area contributed by atoms with Gasteiger partial charge in [0.25, 0.3) is 0 Å². The Morgan fingerprint density at radius 3 is 2.89 bits per heavy atom. The van der Waals surface area contributed by atoms with E-state index in [4.69, 9.17) is 0 Å². The summed E-state index contributed by atoms with van der Waals surface area (Å²) in [5.74, 6) is 0.391. The maximum atomic E-state index is 12.6. The van der Waals surface area contributed by atoms with Crippen LogP contribution in [0.2, 0.25) is 0 Å². The molecular formula is C20H27N5O2. The lowest BCUT2D eigenvalue weighted by molar-refractivity contribution is -0.132. The molecule has 1 fully saturated rings. The van der Waals surface area contributed by atoms with E-state index >= 15 is 0 Å². The molecule has 1 aromatic carbocycles. The van der Waals surface area contributed by atoms with Crippen molar-refractivity contribution >= 4 is 17.6 Å². The predicted molar refractivity (Wildman–Crippen MR) is 105 cm³/mol. The summed E-state index contributed by atoms with van der Waals surface area (Å²) < 4.78 is 1.79. The highest BCUT2D eigenvalue weighted by Gasteiger charge is 2.30. The highest BCUT2D eigenvalue weighted by atomic mass is 16.2. The first kappa shape index (κ1) is 19.1. The average molecular weight is 369 g/mol. The second-order valence-corrected chi connectivity index (χ2v) is 7.01. The molecule has 0 spiro atoms. The molecule has 0 radical (unpaired) electrons. The van der Waals surface area contributed by atoms with Gasteiger partial charge in [-0.3, -0.25) is 14.5 Å². The molecule has 2 aromatic rings. The number of aryl methyl sites for hydroxylation is 2. The fourth-order valence-corrected chi connectivity index (χ4v) is 3.48. The number of aromatic nitrogens is 2. The van der Waals surface area contributed by atoms with Gasteiger partial charge in [-0.25, -0.2) is 4.68 Å². The van der Waals surface area contributed by atoms with Gasteiger partial charge in [-0.15, -0.1) is 0 Å². The number of nitrogens with one attached hydrogen (secondary N) is 2. The minimum absolute atomic E-state index is 0.0808. The molecule has 27 heavy (non-hydrogen) atoms. The SMILES string of the molecule is CCN1CCNC(=O)C1CC(=O)Nc1cc(C)nn1Cc1cccc(C)c1. The van der Waals surface area contributed by atoms with E-state index in [1.54, 1.807) is 4.68 Å². The van der Waals surface area contributed by atoms with Gasteiger partial charge in [-0.1, -0.05) is 36.8 Å². The molecule has 1 aromatic heterocycles. The number of nitrogens with zero attached hydrogens (tertiary/aromatic N) is 3. The Kier molecular flexibility index (Phi) is 5.91. The average Bonchev–Trinajstić information content (AvgIpc) is 2.95. The maximum absolute atomic E-state index is 12.6. The molecule has 7 heteroatoms. The van der Waals surface area contributed by atoms with Gasteiger partial charge in [-0.2, -0.15) is 5.10 Å². The van der Waals surface area contributed by atoms with Crippen LogP contribution in [-0.2, 0) is 16.1 Å². The summed E-state index contributed by atoms with van der Waals surface area (Å²) in [6.45, 7) is 8.68. The van der Waals surface area contributed by atoms with Crippen molar-refractivity contribution in [1.82, 2.24) is 20.0 Å². The zero-order chi connectivity index (χ0) is 19.4. The fourth-order valence-electron chi connectivity index (χ4n) is 3.48. The monoisotopic (exact) mass is 369 g/mol. The molecule has 1 atom stereocenters. The zero-order valence-electron chi connectivity index (χ0n) is 16.2. The molecular weight excluding hydrogens is 342 g/mol. The number of hydrogen-bond acceptors (Lipinski definition) is 4. The predicted octanol–water partition coefficient (Wildman–Crippen LogP) is 1.70. The Bertz CT molecular complexity index is 830. The van der Waals surface area contributed by atoms with Crippen molar-refractivity contribution in [3.63, 3.8) is 0 Å². The van der Waals surface area contributed by atoms with Crippen molar-refractivity contribution in [3.05, 3.63) is 47.2 Å². The molecule has 144 valence electrons. The number of hydrogen-bond donors (Lipinski definition) is 2. The highest BCUT2D eigenvalue weighted by molar-refractivity contribution is 5.95. The summed E-state index contributed by atoms with van der Waals surface area (Å²) in [4.78, 5) is 26.8. The molecule has 7 nitrogen and oxygen atoms in total. The molecule has 0 saturated carbocycles. The number of likely N-dealkylation sites (N-methyl/N-ethyl adjacent to an activating group) is 1. The van der Waals surface area contributed by atoms with Crippen molar-refractivity contribution in [2.24, 2.45) is 0 Å². The molecule has 1 aliphatic heterocycles. The van der Waals surface area contributed by atoms with Crippen LogP contribution in [0.3, 0.4) is 0 Å². The molecule has 1 unspecified atom stereocenters. The third-order valence-electron chi connectivity index (χ3n) is 4.81. The first-order chi connectivity index (χ1) is 13.0. The van der Waals surface area contributed by atoms with Crippen LogP contribution < -0.4 is 10.6 Å². The second-order valence-electron chi connectivity index (χ2n) is 7.01. The zero-order valence-corrected chi connectivity index (χ0v) is 16.2. The summed E-state index contributed by atoms with van der Waals surface area (Å²) in [6.07, 6.45) is 0.133. The summed E-state index contributed by atoms with van der Waals surface area (Å²) in [6, 6.07) is 9.65. The van der Waals surface area contributed by atoms with Crippen LogP contribution in [0.25, 0.3) is 0 Å². The minimum atomic E-state index is -0.419. The minimum Gasteiger partial charge on any atom is -0.353 e. The number of rotatable bonds is 6. The van der Waals surface area contributed by atoms with E-state index in [-0.39, 0.29) is 18.2 Å². The molecule has 3 rings (SSSR count). The molecule has 1 saturated heterocycles. The lowest BCUT2D eigenvalue weighted by atomic mass is 10.1. The van der Waals surface area contributed by atoms with Gasteiger partial charge in [-0.05, 0) is 26.0 Å². The van der Waals surface area contributed by atoms with Crippen LogP contribution in [0.5, 0.6) is 0 Å². The van der Waals surface area contributed by atoms with Crippen LogP contribution >= 0.6 is 0 Å². The number of amides is 2. The normalized spacial score (nSPS) is 17.6. The molecule has 0 bridgehead atoms. The Balaban J connectivity index is 1.70. The van der Waals surface area contributed by atoms with Crippen molar-refractivity contribution in [3.8, 4) is 0 Å². The van der Waals surface area contributed by atoms with Crippen molar-refractivity contribution < 1.29 is 9.59 Å². The van der Waals surface area contributed by atoms with E-state index in [0.29, 0.717) is 18.9 Å². The van der Waals surface area contributed by atoms with Crippen LogP contribution in [0, 0.1) is 13.8 Å². The van der Waals surface area contributed by atoms with Gasteiger partial charge in [0.05, 0.1) is 24.7 Å². The van der Waals surface area contributed by atoms with Crippen molar-refractivity contribution in [1.29, 1.82) is 0 Å². The fraction of sp³-hybridized carbons (Fsp3) is 0.450. The molecule has 0 aliphatic carbocycles. The molecule has 2 heterocycles. The lowest BCUT2D eigenvalue weighted by Crippen LogP contribution is -2.56. The van der Waals surface area contributed by atoms with Gasteiger partial charge < -0.3 is 10.6 Å². The quantitative estimate of drug-likeness (QED) is 0.812. The third kappa shape index (κ3) is 4.74. The summed E-state index contributed by atoms with van der Waals surface area (Å²) in [5.41, 5.74) is 3.14. The topological polar surface area (TPSA) is 79.3 Å². The summed E-state index contributed by atoms with van der Waals surface area (Å²) in [7, 11) is 0. The Labute approximate surface area is 159 Å². The van der Waals surface area contributed by atoms with E-state index in [1.807, 2.05) is 36.9 Å². The first-order valence-corrected chi connectivity index (χ1v) is 9.38. The van der Waals surface area contributed by atoms with Crippen molar-refractivity contribution in [2.75, 3.05) is 25.0 Å². The lowest BCUT2D eigenvalue weighted by Gasteiger charge is -2.33. The van der Waals surface area contributed by atoms with E-state index in [2.05, 4.69) is 34.8 Å². The summed E-state index contributed by atoms with van der Waals surface area (Å²) >= 11 is 0. The smallest absolute Gasteiger partial charge is 0.237 e. The van der Waals surface area contributed by atoms with E-state index < -0.39 is 6.04 Å². The number of carbonyl (C=O) groups is 2. The first-order valence-electron chi connectivity index (χ1n) is 9.38. The summed E-state index contributed by atoms with van der Waals surface area (Å²) in [5, 5.41) is 10.3. The second kappa shape index (κ2) is 8.35. The molecule has 2 amide bonds. The number of piperazine rings is 1. The highest BCUT2D eigenvalue weighted by Crippen LogP contribution is 2.16. The number of anilines is 1. The number of benzene rings is 1. The number of carbonyl (C=O) groups excluding carboxylic acids is 2. The largest absolute Gasteiger partial charge is 0.353 e. The van der Waals surface area contributed by atoms with Crippen LogP contribution in [-0.4, -0.2) is 52.2 Å². The van der Waals surface area contributed by atoms with Gasteiger partial charge in [0.2, 0.25) is 11.8 Å². The third-order valence-corrected chi connectivity index (χ3v) is 4.81. The van der Waals surface area contributed by atoms with Crippen LogP contribution in [0.4, 0.5) is 5.82 Å². The van der Waals surface area contributed by atoms with Crippen LogP contribution in [0.15, 0.2) is 30.3 Å². The van der Waals surface area contributed by atoms with E-state index in [9.17, 15) is 9.59 Å². The van der Waals surface area contributed by atoms with Gasteiger partial charge in [0.15, 0.2) is 0 Å². The van der Waals surface area contributed by atoms with Gasteiger partial charge in [0.1, 0.15) is 5.82 Å². The standard InChI is InChI=1S/C20H27N5O2/c1-4-24-9-8-21-20(27)17(24)12-19(26)22-18-11-15(3)23-25(18)13-16-7-5-6-14(2)10-16/h5-7,10-11,17H,4,8-9,12-13H2,1-3H3,(H,21,27)(H,22,26). The van der Waals surface area contributed by atoms with Gasteiger partial charge >= 0.3 is 0 Å². The maximum Gasteiger partial charge on any atom is 0.237 e. The van der Waals surface area contributed by atoms with Gasteiger partial charge in [0, 0.05) is 19.2 Å². The Morgan fingerprint density at radius 1 is 1.33 bits per heavy atom. The molecule has 1 aliphatic rings.